The fraction of sp³-hybridized carbons (Fsp3) is 0.308. The van der Waals surface area contributed by atoms with E-state index in [0.717, 1.165) is 12.8 Å². The van der Waals surface area contributed by atoms with Crippen LogP contribution in [0.5, 0.6) is 5.75 Å². The summed E-state index contributed by atoms with van der Waals surface area (Å²) in [5.74, 6) is 1.21. The minimum Gasteiger partial charge on any atom is -0.497 e. The minimum absolute atomic E-state index is 0.0838. The summed E-state index contributed by atoms with van der Waals surface area (Å²) in [5.41, 5.74) is 1.12. The number of ether oxygens (including phenoxy) is 1. The molecule has 1 aliphatic heterocycles. The maximum absolute atomic E-state index is 13.1. The van der Waals surface area contributed by atoms with E-state index in [4.69, 9.17) is 15.1 Å². The van der Waals surface area contributed by atoms with Gasteiger partial charge in [-0.05, 0) is 57.0 Å². The van der Waals surface area contributed by atoms with Crippen LogP contribution in [0, 0.1) is 5.41 Å². The minimum atomic E-state index is -0.384. The zero-order valence-corrected chi connectivity index (χ0v) is 19.9. The summed E-state index contributed by atoms with van der Waals surface area (Å²) in [7, 11) is 1.57. The van der Waals surface area contributed by atoms with E-state index in [9.17, 15) is 9.59 Å². The largest absolute Gasteiger partial charge is 0.497 e. The average Bonchev–Trinajstić information content (AvgIpc) is 2.85. The Balaban J connectivity index is 1.91. The van der Waals surface area contributed by atoms with Crippen LogP contribution in [0.4, 0.5) is 5.82 Å². The molecule has 1 aromatic heterocycles. The second-order valence-corrected chi connectivity index (χ2v) is 8.10. The number of piperidine rings is 1. The lowest BCUT2D eigenvalue weighted by Gasteiger charge is -2.32. The quantitative estimate of drug-likeness (QED) is 0.402. The number of nitrogens with one attached hydrogen (secondary N) is 3. The monoisotopic (exact) mass is 461 g/mol. The molecule has 1 amide bonds. The molecule has 2 aromatic rings. The van der Waals surface area contributed by atoms with Crippen molar-refractivity contribution in [3.8, 4) is 5.75 Å². The van der Waals surface area contributed by atoms with Crippen LogP contribution in [0.15, 0.2) is 65.6 Å². The highest BCUT2D eigenvalue weighted by Gasteiger charge is 2.28. The maximum atomic E-state index is 13.1. The van der Waals surface area contributed by atoms with Crippen molar-refractivity contribution in [3.05, 3.63) is 88.2 Å². The molecule has 1 aliphatic rings. The topological polar surface area (TPSA) is 111 Å². The highest BCUT2D eigenvalue weighted by molar-refractivity contribution is 6.00. The summed E-state index contributed by atoms with van der Waals surface area (Å²) in [5, 5.41) is 11.2. The van der Waals surface area contributed by atoms with Gasteiger partial charge in [0.05, 0.1) is 7.11 Å². The first-order chi connectivity index (χ1) is 16.4. The van der Waals surface area contributed by atoms with Crippen LogP contribution >= 0.6 is 0 Å². The number of H-pyrrole nitrogens is 1. The van der Waals surface area contributed by atoms with E-state index in [1.807, 2.05) is 25.2 Å². The van der Waals surface area contributed by atoms with Crippen molar-refractivity contribution in [2.45, 2.75) is 32.6 Å². The zero-order valence-electron chi connectivity index (χ0n) is 19.9. The number of carbonyl (C=O) groups is 1. The van der Waals surface area contributed by atoms with Gasteiger partial charge in [-0.1, -0.05) is 24.8 Å². The molecule has 0 bridgehead atoms. The van der Waals surface area contributed by atoms with Crippen LogP contribution in [-0.4, -0.2) is 46.7 Å². The van der Waals surface area contributed by atoms with Gasteiger partial charge in [0.2, 0.25) is 0 Å². The van der Waals surface area contributed by atoms with Crippen LogP contribution in [0.3, 0.4) is 0 Å². The number of anilines is 1. The molecule has 0 saturated carbocycles. The van der Waals surface area contributed by atoms with Crippen molar-refractivity contribution >= 4 is 17.4 Å². The Morgan fingerprint density at radius 1 is 1.41 bits per heavy atom. The number of allylic oxidation sites excluding steroid dienone is 4. The van der Waals surface area contributed by atoms with E-state index in [-0.39, 0.29) is 28.7 Å². The molecule has 1 saturated heterocycles. The van der Waals surface area contributed by atoms with E-state index in [1.54, 1.807) is 49.3 Å². The van der Waals surface area contributed by atoms with Gasteiger partial charge in [0.25, 0.3) is 11.5 Å². The molecule has 3 rings (SSSR count). The zero-order chi connectivity index (χ0) is 24.7. The van der Waals surface area contributed by atoms with Gasteiger partial charge in [-0.25, -0.2) is 4.98 Å². The van der Waals surface area contributed by atoms with Gasteiger partial charge in [-0.2, -0.15) is 0 Å². The van der Waals surface area contributed by atoms with E-state index in [1.165, 1.54) is 0 Å². The van der Waals surface area contributed by atoms with Gasteiger partial charge in [0.1, 0.15) is 23.0 Å². The fourth-order valence-electron chi connectivity index (χ4n) is 3.94. The Kier molecular flexibility index (Phi) is 8.19. The Hall–Kier alpha value is -3.94. The average molecular weight is 462 g/mol. The number of likely N-dealkylation sites (tertiary alicyclic amines) is 1. The van der Waals surface area contributed by atoms with E-state index in [2.05, 4.69) is 16.9 Å². The first kappa shape index (κ1) is 24.7. The van der Waals surface area contributed by atoms with Crippen molar-refractivity contribution in [2.24, 2.45) is 0 Å². The van der Waals surface area contributed by atoms with Crippen LogP contribution in [0.25, 0.3) is 0 Å². The molecule has 3 N–H and O–H groups in total. The van der Waals surface area contributed by atoms with Crippen LogP contribution in [0.1, 0.15) is 54.4 Å². The molecular weight excluding hydrogens is 430 g/mol. The number of aromatic amines is 1. The lowest BCUT2D eigenvalue weighted by molar-refractivity contribution is 0.0704. The molecule has 8 nitrogen and oxygen atoms in total. The third kappa shape index (κ3) is 5.70. The molecule has 178 valence electrons. The Morgan fingerprint density at radius 3 is 2.88 bits per heavy atom. The molecule has 1 atom stereocenters. The third-order valence-corrected chi connectivity index (χ3v) is 5.68. The Morgan fingerprint density at radius 2 is 2.21 bits per heavy atom. The van der Waals surface area contributed by atoms with Crippen molar-refractivity contribution in [2.75, 3.05) is 25.5 Å². The Bertz CT molecular complexity index is 1200. The van der Waals surface area contributed by atoms with Gasteiger partial charge in [-0.3, -0.25) is 9.59 Å². The first-order valence-electron chi connectivity index (χ1n) is 11.2. The lowest BCUT2D eigenvalue weighted by atomic mass is 9.96. The van der Waals surface area contributed by atoms with Gasteiger partial charge in [0, 0.05) is 36.0 Å². The van der Waals surface area contributed by atoms with Crippen LogP contribution < -0.4 is 15.6 Å². The van der Waals surface area contributed by atoms with Crippen molar-refractivity contribution in [3.63, 3.8) is 0 Å². The molecular formula is C26H31N5O3. The second-order valence-electron chi connectivity index (χ2n) is 8.10. The first-order valence-corrected chi connectivity index (χ1v) is 11.2. The number of rotatable bonds is 8. The van der Waals surface area contributed by atoms with Gasteiger partial charge in [0.15, 0.2) is 0 Å². The molecule has 34 heavy (non-hydrogen) atoms. The lowest BCUT2D eigenvalue weighted by Crippen LogP contribution is -2.40. The highest BCUT2D eigenvalue weighted by atomic mass is 16.5. The summed E-state index contributed by atoms with van der Waals surface area (Å²) in [6, 6.07) is 7.09. The van der Waals surface area contributed by atoms with Gasteiger partial charge >= 0.3 is 0 Å². The van der Waals surface area contributed by atoms with E-state index < -0.39 is 0 Å². The molecule has 1 fully saturated rings. The summed E-state index contributed by atoms with van der Waals surface area (Å²) in [6.07, 6.45) is 8.74. The second kappa shape index (κ2) is 11.3. The molecule has 2 heterocycles. The number of benzene rings is 1. The summed E-state index contributed by atoms with van der Waals surface area (Å²) in [4.78, 5) is 35.4. The highest BCUT2D eigenvalue weighted by Crippen LogP contribution is 2.27. The van der Waals surface area contributed by atoms with Crippen LogP contribution in [-0.2, 0) is 0 Å². The molecule has 0 spiro atoms. The SMILES string of the molecule is C=C/C(=C\C=C/C)Nc1nc(C2CCCN(C(=O)c3cccc(OC)c3)C2)[nH]c(=O)c1C(C)=N. The smallest absolute Gasteiger partial charge is 0.262 e. The number of aromatic nitrogens is 2. The number of nitrogens with zero attached hydrogens (tertiary/aromatic N) is 2. The number of amides is 1. The van der Waals surface area contributed by atoms with E-state index in [0.29, 0.717) is 41.7 Å². The summed E-state index contributed by atoms with van der Waals surface area (Å²) < 4.78 is 5.24. The summed E-state index contributed by atoms with van der Waals surface area (Å²) in [6.45, 7) is 8.32. The molecule has 1 aromatic carbocycles. The van der Waals surface area contributed by atoms with Crippen molar-refractivity contribution in [1.82, 2.24) is 14.9 Å². The number of carbonyl (C=O) groups excluding carboxylic acids is 1. The fourth-order valence-corrected chi connectivity index (χ4v) is 3.94. The molecule has 0 aliphatic carbocycles. The predicted molar refractivity (Wildman–Crippen MR) is 135 cm³/mol. The van der Waals surface area contributed by atoms with E-state index >= 15 is 0 Å². The molecule has 0 radical (unpaired) electrons. The standard InChI is InChI=1S/C26H31N5O3/c1-5-7-12-20(6-2)28-24-22(17(3)27)25(32)30-23(29-24)19-11-9-14-31(16-19)26(33)18-10-8-13-21(15-18)34-4/h5-8,10,12-13,15,19,27H,2,9,11,14,16H2,1,3-4H3,(H2,28,29,30,32)/b7-5-,20-12+,27-17?. The molecule has 1 unspecified atom stereocenters. The normalized spacial score (nSPS) is 16.4. The van der Waals surface area contributed by atoms with Gasteiger partial charge in [-0.15, -0.1) is 0 Å². The number of hydrogen-bond acceptors (Lipinski definition) is 6. The summed E-state index contributed by atoms with van der Waals surface area (Å²) >= 11 is 0. The van der Waals surface area contributed by atoms with Crippen LogP contribution in [0.2, 0.25) is 0 Å². The molecule has 8 heteroatoms. The predicted octanol–water partition coefficient (Wildman–Crippen LogP) is 4.24. The number of hydrogen-bond donors (Lipinski definition) is 3. The number of methoxy groups -OCH3 is 1. The van der Waals surface area contributed by atoms with Gasteiger partial charge < -0.3 is 25.3 Å². The van der Waals surface area contributed by atoms with Crippen molar-refractivity contribution < 1.29 is 9.53 Å². The van der Waals surface area contributed by atoms with Crippen molar-refractivity contribution in [1.29, 1.82) is 5.41 Å². The maximum Gasteiger partial charge on any atom is 0.262 e. The third-order valence-electron chi connectivity index (χ3n) is 5.68. The Labute approximate surface area is 199 Å².